The number of benzene rings is 2. The lowest BCUT2D eigenvalue weighted by molar-refractivity contribution is -0.122. The highest BCUT2D eigenvalue weighted by molar-refractivity contribution is 6.36. The van der Waals surface area contributed by atoms with Crippen molar-refractivity contribution < 1.29 is 4.79 Å². The molecule has 2 heterocycles. The van der Waals surface area contributed by atoms with E-state index in [2.05, 4.69) is 20.2 Å². The monoisotopic (exact) mass is 508 g/mol. The topological polar surface area (TPSA) is 78.5 Å². The minimum absolute atomic E-state index is 0.121. The number of ketones is 1. The maximum atomic E-state index is 14.1. The Labute approximate surface area is 203 Å². The van der Waals surface area contributed by atoms with Crippen LogP contribution in [-0.2, 0) is 17.9 Å². The third kappa shape index (κ3) is 5.13. The Balaban J connectivity index is 1.79. The molecule has 4 aromatic rings. The summed E-state index contributed by atoms with van der Waals surface area (Å²) in [5.74, 6) is -1.42. The van der Waals surface area contributed by atoms with Gasteiger partial charge in [-0.1, -0.05) is 58.5 Å². The van der Waals surface area contributed by atoms with Gasteiger partial charge in [-0.3, -0.25) is 14.2 Å². The summed E-state index contributed by atoms with van der Waals surface area (Å²) in [5.41, 5.74) is 1.26. The molecule has 0 aliphatic carbocycles. The molecule has 0 aliphatic rings. The Bertz CT molecular complexity index is 1120. The summed E-state index contributed by atoms with van der Waals surface area (Å²) in [6.07, 6.45) is 5.92. The third-order valence-electron chi connectivity index (χ3n) is 5.04. The maximum absolute atomic E-state index is 14.1. The number of hydrogen-bond acceptors (Lipinski definition) is 5. The van der Waals surface area contributed by atoms with Crippen LogP contribution in [0.15, 0.2) is 61.7 Å². The molecule has 0 N–H and O–H groups in total. The molecule has 2 unspecified atom stereocenters. The lowest BCUT2D eigenvalue weighted by Gasteiger charge is -2.25. The van der Waals surface area contributed by atoms with Gasteiger partial charge in [0.05, 0.1) is 24.9 Å². The number of Topliss-reactive ketones (excluding diaryl/α,β-unsaturated/α-hetero) is 1. The van der Waals surface area contributed by atoms with Gasteiger partial charge in [0.25, 0.3) is 0 Å². The second-order valence-corrected chi connectivity index (χ2v) is 8.76. The van der Waals surface area contributed by atoms with E-state index in [1.165, 1.54) is 12.7 Å². The molecule has 2 aromatic carbocycles. The van der Waals surface area contributed by atoms with Crippen molar-refractivity contribution in [3.63, 3.8) is 0 Å². The molecule has 11 heteroatoms. The fourth-order valence-corrected chi connectivity index (χ4v) is 4.60. The van der Waals surface area contributed by atoms with E-state index in [9.17, 15) is 4.79 Å². The van der Waals surface area contributed by atoms with Crippen molar-refractivity contribution >= 4 is 52.2 Å². The molecule has 0 aliphatic heterocycles. The van der Waals surface area contributed by atoms with Crippen LogP contribution in [0, 0.1) is 0 Å². The van der Waals surface area contributed by atoms with E-state index in [0.717, 1.165) is 0 Å². The highest BCUT2D eigenvalue weighted by Gasteiger charge is 2.33. The number of aromatic nitrogens is 6. The smallest absolute Gasteiger partial charge is 0.151 e. The van der Waals surface area contributed by atoms with E-state index in [0.29, 0.717) is 31.2 Å². The first-order valence-electron chi connectivity index (χ1n) is 9.51. The summed E-state index contributed by atoms with van der Waals surface area (Å²) in [6, 6.07) is 10.1. The van der Waals surface area contributed by atoms with Gasteiger partial charge in [0, 0.05) is 20.1 Å². The van der Waals surface area contributed by atoms with Crippen LogP contribution in [-0.4, -0.2) is 35.3 Å². The van der Waals surface area contributed by atoms with Gasteiger partial charge < -0.3 is 0 Å². The predicted molar refractivity (Wildman–Crippen MR) is 123 cm³/mol. The molecule has 0 saturated heterocycles. The fraction of sp³-hybridized carbons (Fsp3) is 0.190. The summed E-state index contributed by atoms with van der Waals surface area (Å²) in [6.45, 7) is 0.471. The standard InChI is InChI=1S/C21H16Cl4N6O/c22-13-1-3-15(19(24)5-13)17(7-30-11-26-9-28-30)21(32)18(8-31-12-27-10-29-31)16-4-2-14(23)6-20(16)25/h1-6,9-12,17-18H,7-8H2. The largest absolute Gasteiger partial charge is 0.298 e. The van der Waals surface area contributed by atoms with Gasteiger partial charge in [0.15, 0.2) is 5.78 Å². The minimum atomic E-state index is -0.651. The number of rotatable bonds is 8. The normalized spacial score (nSPS) is 13.1. The first kappa shape index (κ1) is 22.7. The van der Waals surface area contributed by atoms with Crippen molar-refractivity contribution in [2.24, 2.45) is 0 Å². The Morgan fingerprint density at radius 2 is 1.19 bits per heavy atom. The SMILES string of the molecule is O=C(C(Cn1cncn1)c1ccc(Cl)cc1Cl)C(Cn1cncn1)c1ccc(Cl)cc1Cl. The zero-order chi connectivity index (χ0) is 22.7. The second-order valence-electron chi connectivity index (χ2n) is 7.07. The summed E-state index contributed by atoms with van der Waals surface area (Å²) < 4.78 is 3.17. The number of nitrogens with zero attached hydrogens (tertiary/aromatic N) is 6. The van der Waals surface area contributed by atoms with Crippen molar-refractivity contribution in [2.45, 2.75) is 24.9 Å². The summed E-state index contributed by atoms with van der Waals surface area (Å²) in [5, 5.41) is 10.1. The van der Waals surface area contributed by atoms with Crippen LogP contribution in [0.5, 0.6) is 0 Å². The summed E-state index contributed by atoms with van der Waals surface area (Å²) in [7, 11) is 0. The van der Waals surface area contributed by atoms with Gasteiger partial charge >= 0.3 is 0 Å². The van der Waals surface area contributed by atoms with Crippen LogP contribution in [0.4, 0.5) is 0 Å². The van der Waals surface area contributed by atoms with Crippen LogP contribution in [0.3, 0.4) is 0 Å². The number of hydrogen-bond donors (Lipinski definition) is 0. The van der Waals surface area contributed by atoms with Crippen LogP contribution < -0.4 is 0 Å². The van der Waals surface area contributed by atoms with Gasteiger partial charge in [-0.2, -0.15) is 10.2 Å². The summed E-state index contributed by atoms with van der Waals surface area (Å²) in [4.78, 5) is 22.0. The number of carbonyl (C=O) groups is 1. The minimum Gasteiger partial charge on any atom is -0.298 e. The molecule has 7 nitrogen and oxygen atoms in total. The van der Waals surface area contributed by atoms with Crippen LogP contribution in [0.1, 0.15) is 23.0 Å². The van der Waals surface area contributed by atoms with E-state index in [1.54, 1.807) is 58.4 Å². The lowest BCUT2D eigenvalue weighted by atomic mass is 9.83. The molecule has 164 valence electrons. The van der Waals surface area contributed by atoms with Crippen molar-refractivity contribution in [3.05, 3.63) is 92.9 Å². The number of carbonyl (C=O) groups excluding carboxylic acids is 1. The van der Waals surface area contributed by atoms with Crippen molar-refractivity contribution in [1.29, 1.82) is 0 Å². The zero-order valence-corrected chi connectivity index (χ0v) is 19.5. The van der Waals surface area contributed by atoms with Crippen LogP contribution in [0.2, 0.25) is 20.1 Å². The van der Waals surface area contributed by atoms with E-state index < -0.39 is 11.8 Å². The molecule has 4 rings (SSSR count). The first-order valence-corrected chi connectivity index (χ1v) is 11.0. The van der Waals surface area contributed by atoms with Crippen molar-refractivity contribution in [3.8, 4) is 0 Å². The van der Waals surface area contributed by atoms with Gasteiger partial charge in [-0.15, -0.1) is 0 Å². The Morgan fingerprint density at radius 3 is 1.53 bits per heavy atom. The highest BCUT2D eigenvalue weighted by Crippen LogP contribution is 2.36. The number of halogens is 4. The third-order valence-corrected chi connectivity index (χ3v) is 6.16. The fourth-order valence-electron chi connectivity index (χ4n) is 3.52. The molecular weight excluding hydrogens is 494 g/mol. The van der Waals surface area contributed by atoms with Gasteiger partial charge in [-0.25, -0.2) is 9.97 Å². The molecule has 2 atom stereocenters. The molecule has 0 bridgehead atoms. The molecule has 0 saturated carbocycles. The molecule has 0 radical (unpaired) electrons. The average molecular weight is 510 g/mol. The molecule has 2 aromatic heterocycles. The average Bonchev–Trinajstić information content (AvgIpc) is 3.45. The molecule has 0 amide bonds. The Hall–Kier alpha value is -2.45. The van der Waals surface area contributed by atoms with Crippen molar-refractivity contribution in [2.75, 3.05) is 0 Å². The maximum Gasteiger partial charge on any atom is 0.151 e. The molecule has 32 heavy (non-hydrogen) atoms. The highest BCUT2D eigenvalue weighted by atomic mass is 35.5. The van der Waals surface area contributed by atoms with E-state index >= 15 is 0 Å². The summed E-state index contributed by atoms with van der Waals surface area (Å²) >= 11 is 25.2. The first-order chi connectivity index (χ1) is 15.4. The van der Waals surface area contributed by atoms with E-state index in [4.69, 9.17) is 46.4 Å². The second kappa shape index (κ2) is 10.0. The predicted octanol–water partition coefficient (Wildman–Crippen LogP) is 5.32. The van der Waals surface area contributed by atoms with Crippen molar-refractivity contribution in [1.82, 2.24) is 29.5 Å². The molecule has 0 spiro atoms. The van der Waals surface area contributed by atoms with E-state index in [-0.39, 0.29) is 18.9 Å². The Morgan fingerprint density at radius 1 is 0.750 bits per heavy atom. The molecule has 0 fully saturated rings. The van der Waals surface area contributed by atoms with Gasteiger partial charge in [0.2, 0.25) is 0 Å². The van der Waals surface area contributed by atoms with Crippen LogP contribution >= 0.6 is 46.4 Å². The van der Waals surface area contributed by atoms with E-state index in [1.807, 2.05) is 0 Å². The van der Waals surface area contributed by atoms with Gasteiger partial charge in [0.1, 0.15) is 25.3 Å². The molecular formula is C21H16Cl4N6O. The van der Waals surface area contributed by atoms with Crippen LogP contribution in [0.25, 0.3) is 0 Å². The quantitative estimate of drug-likeness (QED) is 0.321. The zero-order valence-electron chi connectivity index (χ0n) is 16.4. The lowest BCUT2D eigenvalue weighted by Crippen LogP contribution is -2.28. The van der Waals surface area contributed by atoms with Gasteiger partial charge in [-0.05, 0) is 35.4 Å². The Kier molecular flexibility index (Phi) is 7.10.